The lowest BCUT2D eigenvalue weighted by molar-refractivity contribution is 0.0953. The molecule has 33 heavy (non-hydrogen) atoms. The summed E-state index contributed by atoms with van der Waals surface area (Å²) in [7, 11) is 0. The maximum absolute atomic E-state index is 13.1. The van der Waals surface area contributed by atoms with Crippen molar-refractivity contribution in [1.29, 1.82) is 0 Å². The Morgan fingerprint density at radius 2 is 1.82 bits per heavy atom. The van der Waals surface area contributed by atoms with E-state index in [-0.39, 0.29) is 11.7 Å². The Labute approximate surface area is 193 Å². The van der Waals surface area contributed by atoms with Crippen molar-refractivity contribution in [3.63, 3.8) is 0 Å². The van der Waals surface area contributed by atoms with Crippen LogP contribution in [0.2, 0.25) is 0 Å². The average Bonchev–Trinajstić information content (AvgIpc) is 2.82. The zero-order valence-electron chi connectivity index (χ0n) is 18.6. The topological polar surface area (TPSA) is 59.6 Å². The number of carbonyl (C=O) groups excluding carboxylic acids is 1. The Kier molecular flexibility index (Phi) is 8.06. The SMILES string of the molecule is O=C(NCCc1ccc(F)cc1)c1ccc2c(c1)Cc1cccc(c1)CNCCOCCO2. The molecule has 2 N–H and O–H groups in total. The van der Waals surface area contributed by atoms with E-state index in [0.717, 1.165) is 30.0 Å². The van der Waals surface area contributed by atoms with Crippen molar-refractivity contribution in [2.24, 2.45) is 0 Å². The van der Waals surface area contributed by atoms with Gasteiger partial charge in [-0.25, -0.2) is 4.39 Å². The standard InChI is InChI=1S/C27H29FN2O3/c28-25-7-4-20(5-8-25)10-11-30-27(31)23-6-9-26-24(18-23)17-21-2-1-3-22(16-21)19-29-12-13-32-14-15-33-26/h1-9,16,18,29H,10-15,17,19H2,(H,30,31). The Balaban J connectivity index is 1.47. The molecule has 3 aromatic carbocycles. The molecule has 0 saturated heterocycles. The summed E-state index contributed by atoms with van der Waals surface area (Å²) >= 11 is 0. The number of hydrogen-bond acceptors (Lipinski definition) is 4. The van der Waals surface area contributed by atoms with E-state index in [1.165, 1.54) is 23.3 Å². The van der Waals surface area contributed by atoms with E-state index in [1.54, 1.807) is 18.2 Å². The Morgan fingerprint density at radius 1 is 0.970 bits per heavy atom. The third-order valence-corrected chi connectivity index (χ3v) is 5.56. The van der Waals surface area contributed by atoms with Crippen molar-refractivity contribution in [1.82, 2.24) is 10.6 Å². The number of amides is 1. The normalized spacial score (nSPS) is 14.5. The van der Waals surface area contributed by atoms with Gasteiger partial charge < -0.3 is 20.1 Å². The summed E-state index contributed by atoms with van der Waals surface area (Å²) < 4.78 is 24.7. The summed E-state index contributed by atoms with van der Waals surface area (Å²) in [5, 5.41) is 6.34. The zero-order chi connectivity index (χ0) is 22.9. The number of ether oxygens (including phenoxy) is 2. The predicted octanol–water partition coefficient (Wildman–Crippen LogP) is 3.89. The van der Waals surface area contributed by atoms with E-state index in [9.17, 15) is 9.18 Å². The molecule has 0 atom stereocenters. The maximum atomic E-state index is 13.1. The Bertz CT molecular complexity index is 1070. The molecule has 3 aromatic rings. The summed E-state index contributed by atoms with van der Waals surface area (Å²) in [6, 6.07) is 20.3. The highest BCUT2D eigenvalue weighted by Gasteiger charge is 2.12. The predicted molar refractivity (Wildman–Crippen MR) is 126 cm³/mol. The molecular weight excluding hydrogens is 419 g/mol. The highest BCUT2D eigenvalue weighted by molar-refractivity contribution is 5.94. The van der Waals surface area contributed by atoms with Crippen molar-refractivity contribution in [3.8, 4) is 5.75 Å². The van der Waals surface area contributed by atoms with Gasteiger partial charge in [-0.1, -0.05) is 36.4 Å². The van der Waals surface area contributed by atoms with Crippen molar-refractivity contribution in [2.75, 3.05) is 32.9 Å². The van der Waals surface area contributed by atoms with E-state index < -0.39 is 0 Å². The van der Waals surface area contributed by atoms with Crippen LogP contribution in [0.25, 0.3) is 0 Å². The number of rotatable bonds is 4. The van der Waals surface area contributed by atoms with Crippen LogP contribution in [0, 0.1) is 5.82 Å². The molecule has 1 aliphatic heterocycles. The number of fused-ring (bicyclic) bond motifs is 3. The smallest absolute Gasteiger partial charge is 0.251 e. The summed E-state index contributed by atoms with van der Waals surface area (Å²) in [6.45, 7) is 3.66. The van der Waals surface area contributed by atoms with Gasteiger partial charge in [0.2, 0.25) is 0 Å². The van der Waals surface area contributed by atoms with E-state index >= 15 is 0 Å². The molecule has 1 heterocycles. The molecule has 0 spiro atoms. The van der Waals surface area contributed by atoms with Crippen LogP contribution in [0.5, 0.6) is 5.75 Å². The van der Waals surface area contributed by atoms with E-state index in [0.29, 0.717) is 44.8 Å². The molecular formula is C27H29FN2O3. The minimum atomic E-state index is -0.261. The molecule has 6 heteroatoms. The molecule has 1 aliphatic rings. The lowest BCUT2D eigenvalue weighted by atomic mass is 9.99. The van der Waals surface area contributed by atoms with Gasteiger partial charge in [0.05, 0.1) is 13.2 Å². The third kappa shape index (κ3) is 6.88. The quantitative estimate of drug-likeness (QED) is 0.636. The van der Waals surface area contributed by atoms with Crippen LogP contribution < -0.4 is 15.4 Å². The molecule has 172 valence electrons. The van der Waals surface area contributed by atoms with Gasteiger partial charge in [0.15, 0.2) is 0 Å². The maximum Gasteiger partial charge on any atom is 0.251 e. The molecule has 0 aromatic heterocycles. The second kappa shape index (κ2) is 11.6. The highest BCUT2D eigenvalue weighted by Crippen LogP contribution is 2.24. The van der Waals surface area contributed by atoms with Gasteiger partial charge in [-0.2, -0.15) is 0 Å². The van der Waals surface area contributed by atoms with Crippen LogP contribution in [0.4, 0.5) is 4.39 Å². The fourth-order valence-corrected chi connectivity index (χ4v) is 3.83. The van der Waals surface area contributed by atoms with Gasteiger partial charge >= 0.3 is 0 Å². The van der Waals surface area contributed by atoms with E-state index in [1.807, 2.05) is 12.1 Å². The monoisotopic (exact) mass is 448 g/mol. The molecule has 0 fully saturated rings. The second-order valence-corrected chi connectivity index (χ2v) is 8.09. The van der Waals surface area contributed by atoms with Crippen molar-refractivity contribution >= 4 is 5.91 Å². The summed E-state index contributed by atoms with van der Waals surface area (Å²) in [5.74, 6) is 0.366. The van der Waals surface area contributed by atoms with Gasteiger partial charge in [0, 0.05) is 31.6 Å². The zero-order valence-corrected chi connectivity index (χ0v) is 18.6. The van der Waals surface area contributed by atoms with Crippen LogP contribution >= 0.6 is 0 Å². The molecule has 4 rings (SSSR count). The molecule has 5 nitrogen and oxygen atoms in total. The summed E-state index contributed by atoms with van der Waals surface area (Å²) in [6.07, 6.45) is 1.31. The molecule has 0 radical (unpaired) electrons. The van der Waals surface area contributed by atoms with E-state index in [2.05, 4.69) is 34.9 Å². The Hall–Kier alpha value is -3.22. The number of hydrogen-bond donors (Lipinski definition) is 2. The van der Waals surface area contributed by atoms with Crippen LogP contribution in [0.15, 0.2) is 66.7 Å². The number of carbonyl (C=O) groups is 1. The van der Waals surface area contributed by atoms with Crippen LogP contribution in [-0.4, -0.2) is 38.8 Å². The second-order valence-electron chi connectivity index (χ2n) is 8.09. The van der Waals surface area contributed by atoms with Gasteiger partial charge in [-0.15, -0.1) is 0 Å². The van der Waals surface area contributed by atoms with Crippen LogP contribution in [-0.2, 0) is 24.1 Å². The molecule has 1 amide bonds. The molecule has 0 unspecified atom stereocenters. The molecule has 0 aliphatic carbocycles. The lowest BCUT2D eigenvalue weighted by Crippen LogP contribution is -2.26. The van der Waals surface area contributed by atoms with Crippen molar-refractivity contribution in [3.05, 3.63) is 100 Å². The van der Waals surface area contributed by atoms with Crippen molar-refractivity contribution < 1.29 is 18.7 Å². The fraction of sp³-hybridized carbons (Fsp3) is 0.296. The third-order valence-electron chi connectivity index (χ3n) is 5.56. The van der Waals surface area contributed by atoms with Gasteiger partial charge in [0.1, 0.15) is 18.2 Å². The van der Waals surface area contributed by atoms with Gasteiger partial charge in [-0.05, 0) is 59.0 Å². The summed E-state index contributed by atoms with van der Waals surface area (Å²) in [4.78, 5) is 12.8. The number of halogens is 1. The van der Waals surface area contributed by atoms with Crippen molar-refractivity contribution in [2.45, 2.75) is 19.4 Å². The first-order valence-corrected chi connectivity index (χ1v) is 11.3. The summed E-state index contributed by atoms with van der Waals surface area (Å²) in [5.41, 5.74) is 4.91. The minimum absolute atomic E-state index is 0.138. The minimum Gasteiger partial charge on any atom is -0.491 e. The lowest BCUT2D eigenvalue weighted by Gasteiger charge is -2.15. The average molecular weight is 449 g/mol. The Morgan fingerprint density at radius 3 is 2.70 bits per heavy atom. The largest absolute Gasteiger partial charge is 0.491 e. The molecule has 2 bridgehead atoms. The molecule has 0 saturated carbocycles. The fourth-order valence-electron chi connectivity index (χ4n) is 3.83. The first kappa shape index (κ1) is 23.0. The number of benzene rings is 3. The van der Waals surface area contributed by atoms with Gasteiger partial charge in [0.25, 0.3) is 5.91 Å². The first-order chi connectivity index (χ1) is 16.2. The van der Waals surface area contributed by atoms with Crippen LogP contribution in [0.3, 0.4) is 0 Å². The van der Waals surface area contributed by atoms with Gasteiger partial charge in [-0.3, -0.25) is 4.79 Å². The first-order valence-electron chi connectivity index (χ1n) is 11.3. The highest BCUT2D eigenvalue weighted by atomic mass is 19.1. The van der Waals surface area contributed by atoms with Crippen LogP contribution in [0.1, 0.15) is 32.6 Å². The van der Waals surface area contributed by atoms with E-state index in [4.69, 9.17) is 9.47 Å². The number of nitrogens with one attached hydrogen (secondary N) is 2.